The monoisotopic (exact) mass is 228 g/mol. The van der Waals surface area contributed by atoms with E-state index >= 15 is 0 Å². The Morgan fingerprint density at radius 2 is 2.00 bits per heavy atom. The molecule has 0 aromatic carbocycles. The number of unbranched alkanes of at least 4 members (excludes halogenated alkanes) is 1. The molecule has 16 heavy (non-hydrogen) atoms. The summed E-state index contributed by atoms with van der Waals surface area (Å²) in [6.45, 7) is 7.20. The van der Waals surface area contributed by atoms with Gasteiger partial charge in [0.15, 0.2) is 0 Å². The van der Waals surface area contributed by atoms with Gasteiger partial charge in [0, 0.05) is 6.92 Å². The maximum absolute atomic E-state index is 11.5. The maximum atomic E-state index is 11.5. The molecule has 0 spiro atoms. The molecular formula is C12H20O4. The van der Waals surface area contributed by atoms with E-state index in [1.165, 1.54) is 14.0 Å². The third kappa shape index (κ3) is 4.96. The van der Waals surface area contributed by atoms with Crippen LogP contribution < -0.4 is 0 Å². The average Bonchev–Trinajstić information content (AvgIpc) is 2.26. The van der Waals surface area contributed by atoms with Gasteiger partial charge in [0.05, 0.1) is 19.1 Å². The van der Waals surface area contributed by atoms with Crippen molar-refractivity contribution < 1.29 is 19.1 Å². The highest BCUT2D eigenvalue weighted by molar-refractivity contribution is 5.78. The zero-order valence-corrected chi connectivity index (χ0v) is 10.2. The molecule has 1 atom stereocenters. The van der Waals surface area contributed by atoms with Crippen LogP contribution in [0.2, 0.25) is 0 Å². The van der Waals surface area contributed by atoms with Crippen molar-refractivity contribution in [3.05, 3.63) is 12.7 Å². The molecule has 0 heterocycles. The van der Waals surface area contributed by atoms with Crippen LogP contribution in [0.25, 0.3) is 0 Å². The number of hydrogen-bond donors (Lipinski definition) is 0. The zero-order chi connectivity index (χ0) is 12.6. The number of ether oxygens (including phenoxy) is 2. The first kappa shape index (κ1) is 14.7. The normalized spacial score (nSPS) is 13.7. The first-order chi connectivity index (χ1) is 7.46. The Labute approximate surface area is 96.6 Å². The van der Waals surface area contributed by atoms with Crippen LogP contribution in [0, 0.1) is 5.41 Å². The molecule has 92 valence electrons. The van der Waals surface area contributed by atoms with Crippen LogP contribution >= 0.6 is 0 Å². The molecule has 0 bridgehead atoms. The Balaban J connectivity index is 3.92. The van der Waals surface area contributed by atoms with E-state index < -0.39 is 5.41 Å². The van der Waals surface area contributed by atoms with Crippen molar-refractivity contribution in [3.63, 3.8) is 0 Å². The minimum absolute atomic E-state index is 0.278. The molecule has 0 N–H and O–H groups in total. The van der Waals surface area contributed by atoms with Crippen LogP contribution in [-0.2, 0) is 19.1 Å². The van der Waals surface area contributed by atoms with E-state index in [4.69, 9.17) is 9.47 Å². The molecule has 4 heteroatoms. The predicted molar refractivity (Wildman–Crippen MR) is 60.8 cm³/mol. The van der Waals surface area contributed by atoms with Crippen LogP contribution in [0.3, 0.4) is 0 Å². The van der Waals surface area contributed by atoms with Crippen molar-refractivity contribution in [3.8, 4) is 0 Å². The van der Waals surface area contributed by atoms with E-state index in [-0.39, 0.29) is 11.9 Å². The minimum atomic E-state index is -0.648. The van der Waals surface area contributed by atoms with Crippen LogP contribution in [0.1, 0.15) is 33.1 Å². The largest absolute Gasteiger partial charge is 0.468 e. The summed E-state index contributed by atoms with van der Waals surface area (Å²) < 4.78 is 9.50. The van der Waals surface area contributed by atoms with Gasteiger partial charge in [-0.1, -0.05) is 6.08 Å². The lowest BCUT2D eigenvalue weighted by molar-refractivity contribution is -0.149. The number of methoxy groups -OCH3 is 1. The molecule has 0 aliphatic carbocycles. The van der Waals surface area contributed by atoms with Crippen molar-refractivity contribution in [1.29, 1.82) is 0 Å². The number of carbonyl (C=O) groups is 2. The second kappa shape index (κ2) is 7.04. The van der Waals surface area contributed by atoms with Gasteiger partial charge in [0.25, 0.3) is 0 Å². The van der Waals surface area contributed by atoms with Gasteiger partial charge >= 0.3 is 11.9 Å². The number of esters is 2. The number of hydrogen-bond acceptors (Lipinski definition) is 4. The lowest BCUT2D eigenvalue weighted by Gasteiger charge is -2.22. The molecule has 0 aliphatic rings. The molecule has 0 amide bonds. The molecule has 0 radical (unpaired) electrons. The molecule has 0 aromatic rings. The second-order valence-corrected chi connectivity index (χ2v) is 3.91. The highest BCUT2D eigenvalue weighted by atomic mass is 16.5. The first-order valence-electron chi connectivity index (χ1n) is 5.31. The van der Waals surface area contributed by atoms with E-state index in [1.807, 2.05) is 0 Å². The molecular weight excluding hydrogens is 208 g/mol. The Morgan fingerprint density at radius 1 is 1.38 bits per heavy atom. The smallest absolute Gasteiger partial charge is 0.315 e. The highest BCUT2D eigenvalue weighted by Crippen LogP contribution is 2.26. The third-order valence-electron chi connectivity index (χ3n) is 2.50. The summed E-state index contributed by atoms with van der Waals surface area (Å²) >= 11 is 0. The number of rotatable bonds is 7. The van der Waals surface area contributed by atoms with Gasteiger partial charge < -0.3 is 9.47 Å². The molecule has 0 saturated carbocycles. The van der Waals surface area contributed by atoms with Gasteiger partial charge in [-0.05, 0) is 26.2 Å². The SMILES string of the molecule is C=C[C@](C)(CCCCOC(C)=O)C(=O)OC. The number of carbonyl (C=O) groups excluding carboxylic acids is 2. The fraction of sp³-hybridized carbons (Fsp3) is 0.667. The topological polar surface area (TPSA) is 52.6 Å². The molecule has 0 saturated heterocycles. The molecule has 0 aromatic heterocycles. The first-order valence-corrected chi connectivity index (χ1v) is 5.31. The summed E-state index contributed by atoms with van der Waals surface area (Å²) in [6.07, 6.45) is 3.76. The fourth-order valence-corrected chi connectivity index (χ4v) is 1.33. The summed E-state index contributed by atoms with van der Waals surface area (Å²) in [5, 5.41) is 0. The highest BCUT2D eigenvalue weighted by Gasteiger charge is 2.29. The van der Waals surface area contributed by atoms with Crippen molar-refractivity contribution in [1.82, 2.24) is 0 Å². The van der Waals surface area contributed by atoms with Gasteiger partial charge in [0.2, 0.25) is 0 Å². The second-order valence-electron chi connectivity index (χ2n) is 3.91. The van der Waals surface area contributed by atoms with Crippen molar-refractivity contribution >= 4 is 11.9 Å². The Bertz CT molecular complexity index is 260. The molecule has 4 nitrogen and oxygen atoms in total. The summed E-state index contributed by atoms with van der Waals surface area (Å²) in [5.74, 6) is -0.561. The van der Waals surface area contributed by atoms with Gasteiger partial charge in [0.1, 0.15) is 0 Å². The van der Waals surface area contributed by atoms with Crippen LogP contribution in [-0.4, -0.2) is 25.7 Å². The predicted octanol–water partition coefficient (Wildman–Crippen LogP) is 2.09. The Kier molecular flexibility index (Phi) is 6.46. The van der Waals surface area contributed by atoms with Crippen molar-refractivity contribution in [2.75, 3.05) is 13.7 Å². The standard InChI is InChI=1S/C12H20O4/c1-5-12(3,11(14)15-4)8-6-7-9-16-10(2)13/h5H,1,6-9H2,2-4H3/t12-/m1/s1. The summed E-state index contributed by atoms with van der Waals surface area (Å²) in [4.78, 5) is 22.0. The van der Waals surface area contributed by atoms with E-state index in [1.54, 1.807) is 13.0 Å². The lowest BCUT2D eigenvalue weighted by atomic mass is 9.85. The molecule has 0 rings (SSSR count). The zero-order valence-electron chi connectivity index (χ0n) is 10.2. The third-order valence-corrected chi connectivity index (χ3v) is 2.50. The lowest BCUT2D eigenvalue weighted by Crippen LogP contribution is -2.26. The minimum Gasteiger partial charge on any atom is -0.468 e. The molecule has 0 unspecified atom stereocenters. The van der Waals surface area contributed by atoms with Crippen LogP contribution in [0.15, 0.2) is 12.7 Å². The van der Waals surface area contributed by atoms with Gasteiger partial charge in [-0.3, -0.25) is 9.59 Å². The van der Waals surface area contributed by atoms with Crippen LogP contribution in [0.5, 0.6) is 0 Å². The van der Waals surface area contributed by atoms with Gasteiger partial charge in [-0.2, -0.15) is 0 Å². The molecule has 0 aliphatic heterocycles. The molecule has 0 fully saturated rings. The summed E-state index contributed by atoms with van der Waals surface area (Å²) in [5.41, 5.74) is -0.648. The van der Waals surface area contributed by atoms with Gasteiger partial charge in [-0.15, -0.1) is 6.58 Å². The Hall–Kier alpha value is -1.32. The average molecular weight is 228 g/mol. The van der Waals surface area contributed by atoms with E-state index in [0.717, 1.165) is 12.8 Å². The Morgan fingerprint density at radius 3 is 2.44 bits per heavy atom. The van der Waals surface area contributed by atoms with Crippen LogP contribution in [0.4, 0.5) is 0 Å². The summed E-state index contributed by atoms with van der Waals surface area (Å²) in [6, 6.07) is 0. The summed E-state index contributed by atoms with van der Waals surface area (Å²) in [7, 11) is 1.36. The van der Waals surface area contributed by atoms with Crippen molar-refractivity contribution in [2.45, 2.75) is 33.1 Å². The fourth-order valence-electron chi connectivity index (χ4n) is 1.33. The van der Waals surface area contributed by atoms with E-state index in [0.29, 0.717) is 13.0 Å². The van der Waals surface area contributed by atoms with Crippen molar-refractivity contribution in [2.24, 2.45) is 5.41 Å². The van der Waals surface area contributed by atoms with E-state index in [2.05, 4.69) is 6.58 Å². The van der Waals surface area contributed by atoms with E-state index in [9.17, 15) is 9.59 Å². The van der Waals surface area contributed by atoms with Gasteiger partial charge in [-0.25, -0.2) is 0 Å². The maximum Gasteiger partial charge on any atom is 0.315 e. The quantitative estimate of drug-likeness (QED) is 0.380.